The molecule has 1 N–H and O–H groups in total. The number of methoxy groups -OCH3 is 1. The third kappa shape index (κ3) is 6.03. The summed E-state index contributed by atoms with van der Waals surface area (Å²) in [4.78, 5) is 13.3. The molecule has 0 aliphatic heterocycles. The Balaban J connectivity index is 1.99. The Bertz CT molecular complexity index is 215. The fourth-order valence-corrected chi connectivity index (χ4v) is 2.42. The van der Waals surface area contributed by atoms with E-state index in [4.69, 9.17) is 0 Å². The van der Waals surface area contributed by atoms with E-state index in [-0.39, 0.29) is 5.97 Å². The van der Waals surface area contributed by atoms with E-state index in [1.165, 1.54) is 39.2 Å². The number of nitrogens with one attached hydrogen (secondary N) is 1. The molecular formula is C13H26N2O2. The minimum Gasteiger partial charge on any atom is -0.468 e. The van der Waals surface area contributed by atoms with Crippen LogP contribution in [0.25, 0.3) is 0 Å². The maximum atomic E-state index is 10.9. The molecule has 1 aliphatic rings. The SMILES string of the molecule is COC(=O)CNCCCN(C)C1CCCCC1. The van der Waals surface area contributed by atoms with Gasteiger partial charge in [-0.15, -0.1) is 0 Å². The number of esters is 1. The first-order valence-electron chi connectivity index (χ1n) is 6.72. The molecule has 4 nitrogen and oxygen atoms in total. The number of hydrogen-bond acceptors (Lipinski definition) is 4. The van der Waals surface area contributed by atoms with Gasteiger partial charge in [0.05, 0.1) is 13.7 Å². The molecule has 100 valence electrons. The number of rotatable bonds is 7. The second-order valence-electron chi connectivity index (χ2n) is 4.88. The summed E-state index contributed by atoms with van der Waals surface area (Å²) in [7, 11) is 3.64. The van der Waals surface area contributed by atoms with Crippen LogP contribution < -0.4 is 5.32 Å². The third-order valence-electron chi connectivity index (χ3n) is 3.56. The highest BCUT2D eigenvalue weighted by Crippen LogP contribution is 2.21. The van der Waals surface area contributed by atoms with Gasteiger partial charge in [0.15, 0.2) is 0 Å². The first-order valence-corrected chi connectivity index (χ1v) is 6.72. The molecule has 0 radical (unpaired) electrons. The molecule has 0 heterocycles. The minimum absolute atomic E-state index is 0.189. The summed E-state index contributed by atoms with van der Waals surface area (Å²) in [6.45, 7) is 2.31. The Morgan fingerprint density at radius 1 is 1.35 bits per heavy atom. The van der Waals surface area contributed by atoms with Crippen LogP contribution in [0.15, 0.2) is 0 Å². The molecule has 0 amide bonds. The predicted octanol–water partition coefficient (Wildman–Crippen LogP) is 1.40. The fourth-order valence-electron chi connectivity index (χ4n) is 2.42. The van der Waals surface area contributed by atoms with Gasteiger partial charge in [-0.3, -0.25) is 4.79 Å². The van der Waals surface area contributed by atoms with Gasteiger partial charge < -0.3 is 15.0 Å². The van der Waals surface area contributed by atoms with Gasteiger partial charge in [-0.25, -0.2) is 0 Å². The van der Waals surface area contributed by atoms with E-state index in [0.717, 1.165) is 25.6 Å². The van der Waals surface area contributed by atoms with E-state index in [9.17, 15) is 4.79 Å². The first kappa shape index (κ1) is 14.5. The van der Waals surface area contributed by atoms with Gasteiger partial charge in [0, 0.05) is 6.04 Å². The highest BCUT2D eigenvalue weighted by Gasteiger charge is 2.17. The Morgan fingerprint density at radius 3 is 2.71 bits per heavy atom. The highest BCUT2D eigenvalue weighted by molar-refractivity contribution is 5.71. The summed E-state index contributed by atoms with van der Waals surface area (Å²) < 4.78 is 4.56. The van der Waals surface area contributed by atoms with Crippen molar-refractivity contribution in [2.45, 2.75) is 44.6 Å². The predicted molar refractivity (Wildman–Crippen MR) is 69.0 cm³/mol. The van der Waals surface area contributed by atoms with Gasteiger partial charge in [-0.05, 0) is 39.4 Å². The van der Waals surface area contributed by atoms with Gasteiger partial charge in [0.2, 0.25) is 0 Å². The van der Waals surface area contributed by atoms with Crippen LogP contribution in [0.1, 0.15) is 38.5 Å². The Kier molecular flexibility index (Phi) is 7.21. The monoisotopic (exact) mass is 242 g/mol. The van der Waals surface area contributed by atoms with Crippen LogP contribution in [0.5, 0.6) is 0 Å². The lowest BCUT2D eigenvalue weighted by atomic mass is 9.94. The zero-order chi connectivity index (χ0) is 12.5. The molecule has 1 rings (SSSR count). The van der Waals surface area contributed by atoms with Crippen LogP contribution in [-0.2, 0) is 9.53 Å². The van der Waals surface area contributed by atoms with Crippen molar-refractivity contribution in [3.8, 4) is 0 Å². The van der Waals surface area contributed by atoms with Crippen molar-refractivity contribution >= 4 is 5.97 Å². The molecule has 0 bridgehead atoms. The zero-order valence-electron chi connectivity index (χ0n) is 11.2. The molecule has 0 aromatic rings. The molecule has 0 atom stereocenters. The van der Waals surface area contributed by atoms with Crippen LogP contribution in [0.3, 0.4) is 0 Å². The largest absolute Gasteiger partial charge is 0.468 e. The van der Waals surface area contributed by atoms with Gasteiger partial charge in [-0.1, -0.05) is 19.3 Å². The smallest absolute Gasteiger partial charge is 0.319 e. The quantitative estimate of drug-likeness (QED) is 0.541. The summed E-state index contributed by atoms with van der Waals surface area (Å²) in [5.74, 6) is -0.189. The maximum absolute atomic E-state index is 10.9. The first-order chi connectivity index (χ1) is 8.24. The third-order valence-corrected chi connectivity index (χ3v) is 3.56. The van der Waals surface area contributed by atoms with Crippen molar-refractivity contribution in [2.75, 3.05) is 33.8 Å². The topological polar surface area (TPSA) is 41.6 Å². The molecule has 1 saturated carbocycles. The Labute approximate surface area is 105 Å². The number of carbonyl (C=O) groups is 1. The lowest BCUT2D eigenvalue weighted by Crippen LogP contribution is -2.35. The molecule has 4 heteroatoms. The van der Waals surface area contributed by atoms with Crippen LogP contribution >= 0.6 is 0 Å². The van der Waals surface area contributed by atoms with Crippen molar-refractivity contribution in [1.82, 2.24) is 10.2 Å². The molecular weight excluding hydrogens is 216 g/mol. The lowest BCUT2D eigenvalue weighted by molar-refractivity contribution is -0.139. The fraction of sp³-hybridized carbons (Fsp3) is 0.923. The number of carbonyl (C=O) groups excluding carboxylic acids is 1. The second kappa shape index (κ2) is 8.48. The summed E-state index contributed by atoms with van der Waals surface area (Å²) in [5, 5.41) is 3.09. The van der Waals surface area contributed by atoms with Gasteiger partial charge in [0.25, 0.3) is 0 Å². The molecule has 1 aliphatic carbocycles. The van der Waals surface area contributed by atoms with E-state index in [1.807, 2.05) is 0 Å². The Morgan fingerprint density at radius 2 is 2.06 bits per heavy atom. The maximum Gasteiger partial charge on any atom is 0.319 e. The van der Waals surface area contributed by atoms with E-state index in [2.05, 4.69) is 22.0 Å². The van der Waals surface area contributed by atoms with E-state index < -0.39 is 0 Å². The molecule has 17 heavy (non-hydrogen) atoms. The summed E-state index contributed by atoms with van der Waals surface area (Å²) in [6, 6.07) is 0.782. The zero-order valence-corrected chi connectivity index (χ0v) is 11.2. The number of hydrogen-bond donors (Lipinski definition) is 1. The molecule has 0 aromatic carbocycles. The standard InChI is InChI=1S/C13H26N2O2/c1-15(12-7-4-3-5-8-12)10-6-9-14-11-13(16)17-2/h12,14H,3-11H2,1-2H3. The summed E-state index contributed by atoms with van der Waals surface area (Å²) in [6.07, 6.45) is 7.97. The average Bonchev–Trinajstić information content (AvgIpc) is 2.38. The van der Waals surface area contributed by atoms with Crippen molar-refractivity contribution in [3.05, 3.63) is 0 Å². The highest BCUT2D eigenvalue weighted by atomic mass is 16.5. The van der Waals surface area contributed by atoms with Crippen molar-refractivity contribution in [2.24, 2.45) is 0 Å². The van der Waals surface area contributed by atoms with E-state index in [1.54, 1.807) is 0 Å². The van der Waals surface area contributed by atoms with E-state index in [0.29, 0.717) is 6.54 Å². The second-order valence-corrected chi connectivity index (χ2v) is 4.88. The summed E-state index contributed by atoms with van der Waals surface area (Å²) >= 11 is 0. The number of nitrogens with zero attached hydrogens (tertiary/aromatic N) is 1. The van der Waals surface area contributed by atoms with Crippen LogP contribution in [-0.4, -0.2) is 50.7 Å². The molecule has 1 fully saturated rings. The van der Waals surface area contributed by atoms with E-state index >= 15 is 0 Å². The van der Waals surface area contributed by atoms with Crippen LogP contribution in [0.2, 0.25) is 0 Å². The van der Waals surface area contributed by atoms with Crippen molar-refractivity contribution in [3.63, 3.8) is 0 Å². The van der Waals surface area contributed by atoms with Gasteiger partial charge in [-0.2, -0.15) is 0 Å². The lowest BCUT2D eigenvalue weighted by Gasteiger charge is -2.31. The molecule has 0 spiro atoms. The minimum atomic E-state index is -0.189. The number of ether oxygens (including phenoxy) is 1. The Hall–Kier alpha value is -0.610. The van der Waals surface area contributed by atoms with Gasteiger partial charge >= 0.3 is 5.97 Å². The normalized spacial score (nSPS) is 17.4. The molecule has 0 unspecified atom stereocenters. The molecule has 0 saturated heterocycles. The molecule has 0 aromatic heterocycles. The van der Waals surface area contributed by atoms with Crippen molar-refractivity contribution < 1.29 is 9.53 Å². The van der Waals surface area contributed by atoms with Gasteiger partial charge in [0.1, 0.15) is 0 Å². The average molecular weight is 242 g/mol. The van der Waals surface area contributed by atoms with Crippen LogP contribution in [0, 0.1) is 0 Å². The van der Waals surface area contributed by atoms with Crippen LogP contribution in [0.4, 0.5) is 0 Å². The summed E-state index contributed by atoms with van der Waals surface area (Å²) in [5.41, 5.74) is 0. The van der Waals surface area contributed by atoms with Crippen molar-refractivity contribution in [1.29, 1.82) is 0 Å².